The number of aromatic nitrogens is 3. The molecule has 6 rings (SSSR count). The second kappa shape index (κ2) is 9.08. The summed E-state index contributed by atoms with van der Waals surface area (Å²) in [7, 11) is 1.95. The first-order valence-electron chi connectivity index (χ1n) is 13.0. The van der Waals surface area contributed by atoms with Gasteiger partial charge in [0.15, 0.2) is 5.65 Å². The lowest BCUT2D eigenvalue weighted by Crippen LogP contribution is -2.55. The van der Waals surface area contributed by atoms with Gasteiger partial charge in [-0.05, 0) is 54.5 Å². The molecule has 0 unspecified atom stereocenters. The number of aliphatic hydroxyl groups is 1. The van der Waals surface area contributed by atoms with Crippen LogP contribution in [0.4, 0.5) is 11.4 Å². The Morgan fingerprint density at radius 1 is 1.03 bits per heavy atom. The molecule has 8 heteroatoms. The summed E-state index contributed by atoms with van der Waals surface area (Å²) in [5, 5.41) is 15.7. The van der Waals surface area contributed by atoms with E-state index in [9.17, 15) is 5.11 Å². The smallest absolute Gasteiger partial charge is 0.159 e. The maximum atomic E-state index is 10.2. The van der Waals surface area contributed by atoms with E-state index in [0.29, 0.717) is 12.0 Å². The van der Waals surface area contributed by atoms with Gasteiger partial charge in [-0.15, -0.1) is 0 Å². The molecule has 3 aliphatic rings. The average molecular weight is 476 g/mol. The molecule has 35 heavy (non-hydrogen) atoms. The van der Waals surface area contributed by atoms with Crippen molar-refractivity contribution < 1.29 is 5.11 Å². The number of rotatable bonds is 3. The first-order valence-corrected chi connectivity index (χ1v) is 13.0. The van der Waals surface area contributed by atoms with Crippen LogP contribution in [0.2, 0.25) is 0 Å². The number of piperidine rings is 2. The monoisotopic (exact) mass is 475 g/mol. The van der Waals surface area contributed by atoms with E-state index in [1.807, 2.05) is 24.1 Å². The summed E-state index contributed by atoms with van der Waals surface area (Å²) in [6.45, 7) is 8.12. The normalized spacial score (nSPS) is 26.3. The molecule has 0 aliphatic carbocycles. The maximum Gasteiger partial charge on any atom is 0.159 e. The summed E-state index contributed by atoms with van der Waals surface area (Å²) < 4.78 is 1.85. The number of aliphatic hydroxyl groups excluding tert-OH is 1. The molecule has 0 bridgehead atoms. The van der Waals surface area contributed by atoms with Gasteiger partial charge in [0.1, 0.15) is 0 Å². The highest BCUT2D eigenvalue weighted by Crippen LogP contribution is 2.36. The third-order valence-electron chi connectivity index (χ3n) is 8.48. The van der Waals surface area contributed by atoms with E-state index < -0.39 is 0 Å². The molecule has 0 amide bonds. The van der Waals surface area contributed by atoms with Gasteiger partial charge in [0, 0.05) is 70.3 Å². The minimum absolute atomic E-state index is 0.0614. The summed E-state index contributed by atoms with van der Waals surface area (Å²) in [6, 6.07) is 9.70. The highest BCUT2D eigenvalue weighted by atomic mass is 16.3. The fourth-order valence-electron chi connectivity index (χ4n) is 6.37. The Balaban J connectivity index is 1.15. The van der Waals surface area contributed by atoms with Crippen LogP contribution in [0, 0.1) is 0 Å². The van der Waals surface area contributed by atoms with E-state index in [2.05, 4.69) is 56.0 Å². The number of benzene rings is 1. The molecule has 8 nitrogen and oxygen atoms in total. The Kier molecular flexibility index (Phi) is 5.90. The largest absolute Gasteiger partial charge is 0.390 e. The summed E-state index contributed by atoms with van der Waals surface area (Å²) >= 11 is 0. The third kappa shape index (κ3) is 4.17. The number of β-amino-alcohol motifs (C(OH)–C–C–N with tert-alkyl or cyclic N) is 1. The van der Waals surface area contributed by atoms with Gasteiger partial charge in [-0.1, -0.05) is 13.0 Å². The number of nitrogens with two attached hydrogens (primary N) is 1. The molecule has 2 fully saturated rings. The quantitative estimate of drug-likeness (QED) is 0.602. The SMILES string of the molecule is C[C@H]1CN(c2ccnc3c2cnn3C)Cc2ccc(N3CCC(N4CC[C@@H](N)[C@H](O)C4)CC3)cc21. The van der Waals surface area contributed by atoms with Crippen molar-refractivity contribution in [3.05, 3.63) is 47.8 Å². The van der Waals surface area contributed by atoms with Crippen LogP contribution in [0.3, 0.4) is 0 Å². The van der Waals surface area contributed by atoms with Gasteiger partial charge in [0.2, 0.25) is 0 Å². The minimum atomic E-state index is -0.384. The van der Waals surface area contributed by atoms with Crippen molar-refractivity contribution in [2.24, 2.45) is 12.8 Å². The Morgan fingerprint density at radius 2 is 1.86 bits per heavy atom. The average Bonchev–Trinajstić information content (AvgIpc) is 3.26. The lowest BCUT2D eigenvalue weighted by molar-refractivity contribution is 0.0260. The van der Waals surface area contributed by atoms with Crippen LogP contribution in [0.5, 0.6) is 0 Å². The van der Waals surface area contributed by atoms with Crippen LogP contribution in [0.15, 0.2) is 36.7 Å². The number of likely N-dealkylation sites (tertiary alicyclic amines) is 1. The molecule has 5 heterocycles. The lowest BCUT2D eigenvalue weighted by atomic mass is 9.89. The van der Waals surface area contributed by atoms with Crippen molar-refractivity contribution in [2.45, 2.75) is 56.8 Å². The Labute approximate surface area is 207 Å². The number of hydrogen-bond acceptors (Lipinski definition) is 7. The fraction of sp³-hybridized carbons (Fsp3) is 0.556. The molecule has 3 aromatic rings. The Hall–Kier alpha value is -2.68. The van der Waals surface area contributed by atoms with Gasteiger partial charge in [-0.3, -0.25) is 9.58 Å². The van der Waals surface area contributed by atoms with E-state index in [4.69, 9.17) is 5.73 Å². The first-order chi connectivity index (χ1) is 17.0. The van der Waals surface area contributed by atoms with E-state index in [1.165, 1.54) is 22.5 Å². The molecule has 2 aromatic heterocycles. The second-order valence-electron chi connectivity index (χ2n) is 10.7. The van der Waals surface area contributed by atoms with Crippen LogP contribution in [-0.2, 0) is 13.6 Å². The lowest BCUT2D eigenvalue weighted by Gasteiger charge is -2.43. The topological polar surface area (TPSA) is 86.7 Å². The van der Waals surface area contributed by atoms with Gasteiger partial charge in [0.25, 0.3) is 0 Å². The molecular formula is C27H37N7O. The van der Waals surface area contributed by atoms with Crippen LogP contribution in [0.25, 0.3) is 11.0 Å². The van der Waals surface area contributed by atoms with Gasteiger partial charge < -0.3 is 20.6 Å². The first kappa shape index (κ1) is 22.8. The zero-order chi connectivity index (χ0) is 24.1. The van der Waals surface area contributed by atoms with Crippen LogP contribution >= 0.6 is 0 Å². The predicted molar refractivity (Wildman–Crippen MR) is 140 cm³/mol. The molecule has 0 radical (unpaired) electrons. The Bertz CT molecular complexity index is 1200. The van der Waals surface area contributed by atoms with E-state index in [1.54, 1.807) is 0 Å². The van der Waals surface area contributed by atoms with Crippen molar-refractivity contribution in [3.63, 3.8) is 0 Å². The molecule has 0 spiro atoms. The molecule has 186 valence electrons. The van der Waals surface area contributed by atoms with Crippen molar-refractivity contribution >= 4 is 22.4 Å². The molecule has 2 saturated heterocycles. The van der Waals surface area contributed by atoms with Crippen molar-refractivity contribution in [2.75, 3.05) is 42.5 Å². The molecule has 3 N–H and O–H groups in total. The number of hydrogen-bond donors (Lipinski definition) is 2. The number of fused-ring (bicyclic) bond motifs is 2. The Morgan fingerprint density at radius 3 is 2.66 bits per heavy atom. The van der Waals surface area contributed by atoms with Crippen LogP contribution in [-0.4, -0.2) is 75.7 Å². The van der Waals surface area contributed by atoms with Gasteiger partial charge >= 0.3 is 0 Å². The summed E-state index contributed by atoms with van der Waals surface area (Å²) in [5.41, 5.74) is 12.4. The van der Waals surface area contributed by atoms with Crippen LogP contribution < -0.4 is 15.5 Å². The third-order valence-corrected chi connectivity index (χ3v) is 8.48. The van der Waals surface area contributed by atoms with E-state index >= 15 is 0 Å². The number of aryl methyl sites for hydroxylation is 1. The second-order valence-corrected chi connectivity index (χ2v) is 10.7. The van der Waals surface area contributed by atoms with E-state index in [0.717, 1.165) is 69.6 Å². The summed E-state index contributed by atoms with van der Waals surface area (Å²) in [4.78, 5) is 12.0. The van der Waals surface area contributed by atoms with Gasteiger partial charge in [-0.2, -0.15) is 5.10 Å². The highest BCUT2D eigenvalue weighted by molar-refractivity contribution is 5.89. The van der Waals surface area contributed by atoms with Crippen LogP contribution in [0.1, 0.15) is 43.2 Å². The standard InChI is InChI=1S/C27H37N7O/c1-18-15-34(25-5-9-29-27-23(25)14-30-31(27)2)16-19-3-4-21(13-22(18)19)32-10-6-20(7-11-32)33-12-8-24(28)26(35)17-33/h3-5,9,13-14,18,20,24,26,35H,6-8,10-12,15-17,28H2,1-2H3/t18-,24+,26+/m0/s1. The summed E-state index contributed by atoms with van der Waals surface area (Å²) in [6.07, 6.45) is 6.63. The minimum Gasteiger partial charge on any atom is -0.390 e. The van der Waals surface area contributed by atoms with Gasteiger partial charge in [0.05, 0.1) is 23.4 Å². The predicted octanol–water partition coefficient (Wildman–Crippen LogP) is 2.45. The molecule has 3 aliphatic heterocycles. The summed E-state index contributed by atoms with van der Waals surface area (Å²) in [5.74, 6) is 0.454. The van der Waals surface area contributed by atoms with Crippen molar-refractivity contribution in [1.29, 1.82) is 0 Å². The van der Waals surface area contributed by atoms with Gasteiger partial charge in [-0.25, -0.2) is 4.98 Å². The number of pyridine rings is 1. The maximum absolute atomic E-state index is 10.2. The molecular weight excluding hydrogens is 438 g/mol. The number of anilines is 2. The number of nitrogens with zero attached hydrogens (tertiary/aromatic N) is 6. The molecule has 0 saturated carbocycles. The molecule has 3 atom stereocenters. The fourth-order valence-corrected chi connectivity index (χ4v) is 6.37. The highest BCUT2D eigenvalue weighted by Gasteiger charge is 2.32. The van der Waals surface area contributed by atoms with Crippen molar-refractivity contribution in [3.8, 4) is 0 Å². The van der Waals surface area contributed by atoms with Crippen molar-refractivity contribution in [1.82, 2.24) is 19.7 Å². The zero-order valence-electron chi connectivity index (χ0n) is 20.8. The molecule has 1 aromatic carbocycles. The zero-order valence-corrected chi connectivity index (χ0v) is 20.8. The van der Waals surface area contributed by atoms with E-state index in [-0.39, 0.29) is 12.1 Å².